The topological polar surface area (TPSA) is 12.0 Å². The lowest BCUT2D eigenvalue weighted by Crippen LogP contribution is -2.33. The fourth-order valence-corrected chi connectivity index (χ4v) is 2.23. The summed E-state index contributed by atoms with van der Waals surface area (Å²) < 4.78 is 0. The maximum absolute atomic E-state index is 6.03. The van der Waals surface area contributed by atoms with E-state index >= 15 is 0 Å². The first kappa shape index (κ1) is 14.5. The second-order valence-electron chi connectivity index (χ2n) is 5.15. The molecule has 2 heteroatoms. The van der Waals surface area contributed by atoms with Gasteiger partial charge in [0.05, 0.1) is 0 Å². The molecule has 0 aromatic heterocycles. The van der Waals surface area contributed by atoms with Crippen LogP contribution in [0.25, 0.3) is 0 Å². The summed E-state index contributed by atoms with van der Waals surface area (Å²) >= 11 is 6.03. The first-order valence-corrected chi connectivity index (χ1v) is 6.92. The Morgan fingerprint density at radius 3 is 2.65 bits per heavy atom. The van der Waals surface area contributed by atoms with Gasteiger partial charge in [-0.05, 0) is 48.9 Å². The van der Waals surface area contributed by atoms with E-state index < -0.39 is 0 Å². The highest BCUT2D eigenvalue weighted by atomic mass is 35.5. The Balaban J connectivity index is 2.61. The summed E-state index contributed by atoms with van der Waals surface area (Å²) in [7, 11) is 0. The summed E-state index contributed by atoms with van der Waals surface area (Å²) in [5.41, 5.74) is 1.65. The minimum atomic E-state index is 0.319. The summed E-state index contributed by atoms with van der Waals surface area (Å²) in [4.78, 5) is 0. The maximum Gasteiger partial charge on any atom is 0.0408 e. The molecule has 1 nitrogen and oxygen atoms in total. The van der Waals surface area contributed by atoms with E-state index in [4.69, 9.17) is 11.6 Å². The van der Waals surface area contributed by atoms with Crippen LogP contribution in [-0.4, -0.2) is 13.1 Å². The zero-order valence-corrected chi connectivity index (χ0v) is 12.0. The molecule has 0 heterocycles. The van der Waals surface area contributed by atoms with Gasteiger partial charge < -0.3 is 5.32 Å². The molecule has 1 aromatic carbocycles. The van der Waals surface area contributed by atoms with Crippen LogP contribution in [0.1, 0.15) is 39.2 Å². The van der Waals surface area contributed by atoms with Gasteiger partial charge >= 0.3 is 0 Å². The van der Waals surface area contributed by atoms with Gasteiger partial charge in [0.2, 0.25) is 0 Å². The molecule has 0 saturated heterocycles. The maximum atomic E-state index is 6.03. The summed E-state index contributed by atoms with van der Waals surface area (Å²) in [5.74, 6) is 0. The van der Waals surface area contributed by atoms with Crippen LogP contribution in [0, 0.1) is 5.41 Å². The van der Waals surface area contributed by atoms with Crippen molar-refractivity contribution in [2.75, 3.05) is 13.1 Å². The van der Waals surface area contributed by atoms with Crippen molar-refractivity contribution in [2.24, 2.45) is 5.41 Å². The summed E-state index contributed by atoms with van der Waals surface area (Å²) in [6, 6.07) is 8.21. The highest BCUT2D eigenvalue weighted by molar-refractivity contribution is 6.30. The standard InChI is InChI=1S/C15H24ClN/c1-4-9-17-12-15(3,5-2)11-13-7-6-8-14(16)10-13/h6-8,10,17H,4-5,9,11-12H2,1-3H3. The third kappa shape index (κ3) is 5.10. The van der Waals surface area contributed by atoms with Crippen LogP contribution >= 0.6 is 11.6 Å². The lowest BCUT2D eigenvalue weighted by atomic mass is 9.81. The van der Waals surface area contributed by atoms with Crippen LogP contribution in [0.2, 0.25) is 5.02 Å². The molecule has 1 atom stereocenters. The molecule has 1 aromatic rings. The van der Waals surface area contributed by atoms with Crippen molar-refractivity contribution in [1.82, 2.24) is 5.32 Å². The molecule has 1 unspecified atom stereocenters. The minimum Gasteiger partial charge on any atom is -0.316 e. The van der Waals surface area contributed by atoms with E-state index in [-0.39, 0.29) is 0 Å². The van der Waals surface area contributed by atoms with Gasteiger partial charge in [-0.1, -0.05) is 44.5 Å². The third-order valence-electron chi connectivity index (χ3n) is 3.35. The Kier molecular flexibility index (Phi) is 6.01. The van der Waals surface area contributed by atoms with Crippen molar-refractivity contribution in [3.05, 3.63) is 34.9 Å². The number of hydrogen-bond donors (Lipinski definition) is 1. The third-order valence-corrected chi connectivity index (χ3v) is 3.59. The van der Waals surface area contributed by atoms with Crippen molar-refractivity contribution in [2.45, 2.75) is 40.0 Å². The first-order chi connectivity index (χ1) is 8.09. The predicted molar refractivity (Wildman–Crippen MR) is 76.7 cm³/mol. The largest absolute Gasteiger partial charge is 0.316 e. The molecule has 1 rings (SSSR count). The second-order valence-corrected chi connectivity index (χ2v) is 5.58. The number of rotatable bonds is 7. The first-order valence-electron chi connectivity index (χ1n) is 6.55. The molecule has 0 spiro atoms. The number of benzene rings is 1. The molecular weight excluding hydrogens is 230 g/mol. The molecule has 96 valence electrons. The Bertz CT molecular complexity index is 337. The molecule has 0 bridgehead atoms. The smallest absolute Gasteiger partial charge is 0.0408 e. The fourth-order valence-electron chi connectivity index (χ4n) is 2.02. The minimum absolute atomic E-state index is 0.319. The predicted octanol–water partition coefficient (Wildman–Crippen LogP) is 4.30. The van der Waals surface area contributed by atoms with Crippen LogP contribution in [0.15, 0.2) is 24.3 Å². The zero-order valence-electron chi connectivity index (χ0n) is 11.2. The molecule has 1 N–H and O–H groups in total. The number of hydrogen-bond acceptors (Lipinski definition) is 1. The summed E-state index contributed by atoms with van der Waals surface area (Å²) in [6.07, 6.45) is 3.45. The molecule has 0 aliphatic carbocycles. The van der Waals surface area contributed by atoms with Crippen molar-refractivity contribution >= 4 is 11.6 Å². The van der Waals surface area contributed by atoms with Crippen molar-refractivity contribution in [1.29, 1.82) is 0 Å². The SMILES string of the molecule is CCCNCC(C)(CC)Cc1cccc(Cl)c1. The summed E-state index contributed by atoms with van der Waals surface area (Å²) in [5, 5.41) is 4.36. The van der Waals surface area contributed by atoms with Crippen LogP contribution in [0.4, 0.5) is 0 Å². The van der Waals surface area contributed by atoms with Crippen LogP contribution in [0.3, 0.4) is 0 Å². The lowest BCUT2D eigenvalue weighted by Gasteiger charge is -2.29. The molecule has 0 aliphatic rings. The Labute approximate surface area is 111 Å². The zero-order chi connectivity index (χ0) is 12.7. The quantitative estimate of drug-likeness (QED) is 0.715. The van der Waals surface area contributed by atoms with Gasteiger partial charge in [-0.2, -0.15) is 0 Å². The van der Waals surface area contributed by atoms with E-state index in [1.807, 2.05) is 12.1 Å². The van der Waals surface area contributed by atoms with Gasteiger partial charge in [0.15, 0.2) is 0 Å². The number of halogens is 1. The van der Waals surface area contributed by atoms with Gasteiger partial charge in [0.25, 0.3) is 0 Å². The average molecular weight is 254 g/mol. The molecule has 0 radical (unpaired) electrons. The van der Waals surface area contributed by atoms with Crippen molar-refractivity contribution in [3.8, 4) is 0 Å². The van der Waals surface area contributed by atoms with E-state index in [1.54, 1.807) is 0 Å². The van der Waals surface area contributed by atoms with E-state index in [9.17, 15) is 0 Å². The molecular formula is C15H24ClN. The van der Waals surface area contributed by atoms with Gasteiger partial charge in [0, 0.05) is 11.6 Å². The van der Waals surface area contributed by atoms with Gasteiger partial charge in [-0.15, -0.1) is 0 Å². The highest BCUT2D eigenvalue weighted by Gasteiger charge is 2.22. The van der Waals surface area contributed by atoms with Crippen LogP contribution in [-0.2, 0) is 6.42 Å². The second kappa shape index (κ2) is 7.03. The molecule has 0 saturated carbocycles. The van der Waals surface area contributed by atoms with Gasteiger partial charge in [-0.25, -0.2) is 0 Å². The fraction of sp³-hybridized carbons (Fsp3) is 0.600. The van der Waals surface area contributed by atoms with Gasteiger partial charge in [-0.3, -0.25) is 0 Å². The van der Waals surface area contributed by atoms with Crippen molar-refractivity contribution < 1.29 is 0 Å². The van der Waals surface area contributed by atoms with E-state index in [0.717, 1.165) is 24.5 Å². The highest BCUT2D eigenvalue weighted by Crippen LogP contribution is 2.26. The lowest BCUT2D eigenvalue weighted by molar-refractivity contribution is 0.291. The normalized spacial score (nSPS) is 14.6. The Hall–Kier alpha value is -0.530. The average Bonchev–Trinajstić information content (AvgIpc) is 2.29. The van der Waals surface area contributed by atoms with Crippen LogP contribution in [0.5, 0.6) is 0 Å². The molecule has 0 aliphatic heterocycles. The van der Waals surface area contributed by atoms with Crippen molar-refractivity contribution in [3.63, 3.8) is 0 Å². The molecule has 0 amide bonds. The summed E-state index contributed by atoms with van der Waals surface area (Å²) in [6.45, 7) is 8.98. The van der Waals surface area contributed by atoms with Gasteiger partial charge in [0.1, 0.15) is 0 Å². The Morgan fingerprint density at radius 2 is 2.06 bits per heavy atom. The van der Waals surface area contributed by atoms with E-state index in [1.165, 1.54) is 18.4 Å². The Morgan fingerprint density at radius 1 is 1.29 bits per heavy atom. The van der Waals surface area contributed by atoms with Crippen LogP contribution < -0.4 is 5.32 Å². The molecule has 17 heavy (non-hydrogen) atoms. The number of nitrogens with one attached hydrogen (secondary N) is 1. The van der Waals surface area contributed by atoms with E-state index in [0.29, 0.717) is 5.41 Å². The van der Waals surface area contributed by atoms with E-state index in [2.05, 4.69) is 38.2 Å². The molecule has 0 fully saturated rings. The monoisotopic (exact) mass is 253 g/mol.